The molecule has 0 aliphatic carbocycles. The highest BCUT2D eigenvalue weighted by Crippen LogP contribution is 2.19. The van der Waals surface area contributed by atoms with Crippen LogP contribution in [0.25, 0.3) is 0 Å². The third kappa shape index (κ3) is 3.23. The molecule has 0 saturated carbocycles. The van der Waals surface area contributed by atoms with E-state index in [0.29, 0.717) is 11.3 Å². The molecule has 0 bridgehead atoms. The fourth-order valence-corrected chi connectivity index (χ4v) is 1.91. The van der Waals surface area contributed by atoms with E-state index < -0.39 is 4.92 Å². The quantitative estimate of drug-likeness (QED) is 0.670. The number of carbonyl (C=O) groups excluding carboxylic acids is 1. The molecule has 0 aliphatic heterocycles. The molecule has 2 rings (SSSR count). The van der Waals surface area contributed by atoms with Crippen molar-refractivity contribution in [3.8, 4) is 0 Å². The average Bonchev–Trinajstić information content (AvgIpc) is 2.92. The lowest BCUT2D eigenvalue weighted by Gasteiger charge is -2.11. The first kappa shape index (κ1) is 13.8. The van der Waals surface area contributed by atoms with E-state index in [1.54, 1.807) is 37.3 Å². The number of nitrogens with zero attached hydrogens (tertiary/aromatic N) is 1. The normalized spacial score (nSPS) is 11.8. The zero-order valence-electron chi connectivity index (χ0n) is 10.9. The largest absolute Gasteiger partial charge is 0.467 e. The molecule has 1 aromatic heterocycles. The Kier molecular flexibility index (Phi) is 4.14. The van der Waals surface area contributed by atoms with Gasteiger partial charge in [0.2, 0.25) is 5.91 Å². The molecule has 2 aromatic rings. The Balaban J connectivity index is 2.03. The number of furan rings is 1. The Morgan fingerprint density at radius 2 is 2.10 bits per heavy atom. The zero-order chi connectivity index (χ0) is 14.5. The summed E-state index contributed by atoms with van der Waals surface area (Å²) in [6, 6.07) is 9.43. The summed E-state index contributed by atoms with van der Waals surface area (Å²) in [5, 5.41) is 13.6. The second-order valence-electron chi connectivity index (χ2n) is 4.37. The molecule has 1 aromatic carbocycles. The molecule has 20 heavy (non-hydrogen) atoms. The smallest absolute Gasteiger partial charge is 0.273 e. The molecule has 6 heteroatoms. The van der Waals surface area contributed by atoms with Crippen LogP contribution in [0.2, 0.25) is 0 Å². The van der Waals surface area contributed by atoms with E-state index in [0.717, 1.165) is 0 Å². The summed E-state index contributed by atoms with van der Waals surface area (Å²) in [6.45, 7) is 1.79. The molecular weight excluding hydrogens is 260 g/mol. The standard InChI is InChI=1S/C14H14N2O4/c1-10(13-7-4-8-20-13)15-14(17)9-11-5-2-3-6-12(11)16(18)19/h2-8,10H,9H2,1H3,(H,15,17)/t10-/m1/s1. The van der Waals surface area contributed by atoms with Crippen LogP contribution in [0.4, 0.5) is 5.69 Å². The molecule has 1 amide bonds. The van der Waals surface area contributed by atoms with E-state index in [2.05, 4.69) is 5.32 Å². The van der Waals surface area contributed by atoms with Gasteiger partial charge in [0.15, 0.2) is 0 Å². The third-order valence-electron chi connectivity index (χ3n) is 2.89. The Morgan fingerprint density at radius 3 is 2.75 bits per heavy atom. The summed E-state index contributed by atoms with van der Waals surface area (Å²) < 4.78 is 5.19. The number of nitro benzene ring substituents is 1. The average molecular weight is 274 g/mol. The Bertz CT molecular complexity index is 607. The van der Waals surface area contributed by atoms with Gasteiger partial charge < -0.3 is 9.73 Å². The molecule has 1 atom stereocenters. The van der Waals surface area contributed by atoms with Gasteiger partial charge in [-0.3, -0.25) is 14.9 Å². The number of amides is 1. The van der Waals surface area contributed by atoms with Crippen LogP contribution in [0.3, 0.4) is 0 Å². The van der Waals surface area contributed by atoms with Gasteiger partial charge in [-0.2, -0.15) is 0 Å². The van der Waals surface area contributed by atoms with Crippen molar-refractivity contribution in [1.82, 2.24) is 5.32 Å². The molecule has 1 heterocycles. The zero-order valence-corrected chi connectivity index (χ0v) is 10.9. The summed E-state index contributed by atoms with van der Waals surface area (Å²) in [5.74, 6) is 0.351. The van der Waals surface area contributed by atoms with Crippen molar-refractivity contribution in [2.24, 2.45) is 0 Å². The third-order valence-corrected chi connectivity index (χ3v) is 2.89. The van der Waals surface area contributed by atoms with Crippen molar-refractivity contribution in [2.45, 2.75) is 19.4 Å². The van der Waals surface area contributed by atoms with Gasteiger partial charge in [0.25, 0.3) is 5.69 Å². The Hall–Kier alpha value is -2.63. The second kappa shape index (κ2) is 6.01. The minimum Gasteiger partial charge on any atom is -0.467 e. The van der Waals surface area contributed by atoms with E-state index in [-0.39, 0.29) is 24.1 Å². The summed E-state index contributed by atoms with van der Waals surface area (Å²) in [7, 11) is 0. The maximum absolute atomic E-state index is 11.9. The van der Waals surface area contributed by atoms with Crippen LogP contribution in [0.15, 0.2) is 47.1 Å². The fraction of sp³-hybridized carbons (Fsp3) is 0.214. The number of nitro groups is 1. The minimum absolute atomic E-state index is 0.0395. The van der Waals surface area contributed by atoms with Crippen molar-refractivity contribution < 1.29 is 14.1 Å². The number of carbonyl (C=O) groups is 1. The molecule has 6 nitrogen and oxygen atoms in total. The Labute approximate surface area is 115 Å². The van der Waals surface area contributed by atoms with E-state index in [4.69, 9.17) is 4.42 Å². The van der Waals surface area contributed by atoms with E-state index in [9.17, 15) is 14.9 Å². The predicted molar refractivity (Wildman–Crippen MR) is 72.1 cm³/mol. The summed E-state index contributed by atoms with van der Waals surface area (Å²) >= 11 is 0. The molecular formula is C14H14N2O4. The van der Waals surface area contributed by atoms with Gasteiger partial charge in [-0.05, 0) is 19.1 Å². The number of hydrogen-bond donors (Lipinski definition) is 1. The number of benzene rings is 1. The highest BCUT2D eigenvalue weighted by molar-refractivity contribution is 5.80. The summed E-state index contributed by atoms with van der Waals surface area (Å²) in [6.07, 6.45) is 1.49. The summed E-state index contributed by atoms with van der Waals surface area (Å²) in [5.41, 5.74) is 0.343. The molecule has 0 aliphatic rings. The fourth-order valence-electron chi connectivity index (χ4n) is 1.91. The highest BCUT2D eigenvalue weighted by Gasteiger charge is 2.17. The molecule has 0 saturated heterocycles. The van der Waals surface area contributed by atoms with Gasteiger partial charge in [-0.1, -0.05) is 18.2 Å². The van der Waals surface area contributed by atoms with Crippen LogP contribution in [0.1, 0.15) is 24.3 Å². The lowest BCUT2D eigenvalue weighted by Crippen LogP contribution is -2.28. The van der Waals surface area contributed by atoms with Crippen molar-refractivity contribution in [2.75, 3.05) is 0 Å². The van der Waals surface area contributed by atoms with Crippen LogP contribution in [0.5, 0.6) is 0 Å². The van der Waals surface area contributed by atoms with Crippen molar-refractivity contribution >= 4 is 11.6 Å². The lowest BCUT2D eigenvalue weighted by molar-refractivity contribution is -0.385. The minimum atomic E-state index is -0.488. The van der Waals surface area contributed by atoms with Gasteiger partial charge in [0.1, 0.15) is 5.76 Å². The van der Waals surface area contributed by atoms with E-state index in [1.165, 1.54) is 12.3 Å². The first-order chi connectivity index (χ1) is 9.58. The first-order valence-electron chi connectivity index (χ1n) is 6.13. The van der Waals surface area contributed by atoms with Crippen LogP contribution < -0.4 is 5.32 Å². The van der Waals surface area contributed by atoms with E-state index in [1.807, 2.05) is 0 Å². The Morgan fingerprint density at radius 1 is 1.35 bits per heavy atom. The summed E-state index contributed by atoms with van der Waals surface area (Å²) in [4.78, 5) is 22.3. The number of hydrogen-bond acceptors (Lipinski definition) is 4. The lowest BCUT2D eigenvalue weighted by atomic mass is 10.1. The van der Waals surface area contributed by atoms with Crippen LogP contribution >= 0.6 is 0 Å². The molecule has 104 valence electrons. The molecule has 0 spiro atoms. The van der Waals surface area contributed by atoms with Crippen LogP contribution in [-0.4, -0.2) is 10.8 Å². The van der Waals surface area contributed by atoms with Crippen LogP contribution in [0, 0.1) is 10.1 Å². The maximum Gasteiger partial charge on any atom is 0.273 e. The highest BCUT2D eigenvalue weighted by atomic mass is 16.6. The van der Waals surface area contributed by atoms with Gasteiger partial charge in [0.05, 0.1) is 23.6 Å². The SMILES string of the molecule is C[C@@H](NC(=O)Cc1ccccc1[N+](=O)[O-])c1ccco1. The monoisotopic (exact) mass is 274 g/mol. The number of rotatable bonds is 5. The first-order valence-corrected chi connectivity index (χ1v) is 6.13. The maximum atomic E-state index is 11.9. The van der Waals surface area contributed by atoms with Gasteiger partial charge in [-0.25, -0.2) is 0 Å². The predicted octanol–water partition coefficient (Wildman–Crippen LogP) is 2.61. The van der Waals surface area contributed by atoms with Crippen LogP contribution in [-0.2, 0) is 11.2 Å². The topological polar surface area (TPSA) is 85.4 Å². The van der Waals surface area contributed by atoms with Crippen molar-refractivity contribution in [3.05, 3.63) is 64.1 Å². The molecule has 0 unspecified atom stereocenters. The van der Waals surface area contributed by atoms with Gasteiger partial charge in [-0.15, -0.1) is 0 Å². The van der Waals surface area contributed by atoms with Crippen molar-refractivity contribution in [3.63, 3.8) is 0 Å². The second-order valence-corrected chi connectivity index (χ2v) is 4.37. The van der Waals surface area contributed by atoms with E-state index >= 15 is 0 Å². The number of para-hydroxylation sites is 1. The molecule has 0 radical (unpaired) electrons. The number of nitrogens with one attached hydrogen (secondary N) is 1. The van der Waals surface area contributed by atoms with Gasteiger partial charge >= 0.3 is 0 Å². The van der Waals surface area contributed by atoms with Crippen molar-refractivity contribution in [1.29, 1.82) is 0 Å². The molecule has 0 fully saturated rings. The van der Waals surface area contributed by atoms with Gasteiger partial charge in [0, 0.05) is 11.6 Å². The molecule has 1 N–H and O–H groups in total.